The Labute approximate surface area is 116 Å². The largest absolute Gasteiger partial charge is 0.342 e. The predicted molar refractivity (Wildman–Crippen MR) is 78.9 cm³/mol. The Kier molecular flexibility index (Phi) is 2.74. The van der Waals surface area contributed by atoms with E-state index in [0.29, 0.717) is 6.04 Å². The van der Waals surface area contributed by atoms with Crippen molar-refractivity contribution in [3.63, 3.8) is 0 Å². The first-order chi connectivity index (χ1) is 9.31. The van der Waals surface area contributed by atoms with Crippen LogP contribution < -0.4 is 5.43 Å². The lowest BCUT2D eigenvalue weighted by atomic mass is 9.94. The van der Waals surface area contributed by atoms with E-state index in [9.17, 15) is 4.79 Å². The summed E-state index contributed by atoms with van der Waals surface area (Å²) in [4.78, 5) is 14.5. The van der Waals surface area contributed by atoms with Gasteiger partial charge in [0.1, 0.15) is 0 Å². The lowest BCUT2D eigenvalue weighted by Gasteiger charge is -2.26. The Morgan fingerprint density at radius 3 is 2.89 bits per heavy atom. The molecule has 0 saturated carbocycles. The molecule has 2 aromatic heterocycles. The van der Waals surface area contributed by atoms with Crippen molar-refractivity contribution in [2.45, 2.75) is 25.3 Å². The van der Waals surface area contributed by atoms with E-state index in [1.54, 1.807) is 17.4 Å². The molecule has 1 unspecified atom stereocenters. The van der Waals surface area contributed by atoms with Gasteiger partial charge in [-0.3, -0.25) is 4.79 Å². The Morgan fingerprint density at radius 2 is 2.05 bits per heavy atom. The van der Waals surface area contributed by atoms with Crippen LogP contribution in [0.5, 0.6) is 0 Å². The molecule has 0 aliphatic carbocycles. The second kappa shape index (κ2) is 4.46. The molecule has 2 bridgehead atoms. The summed E-state index contributed by atoms with van der Waals surface area (Å²) in [6.07, 6.45) is 5.98. The summed E-state index contributed by atoms with van der Waals surface area (Å²) < 4.78 is 3.26. The topological polar surface area (TPSA) is 25.2 Å². The predicted octanol–water partition coefficient (Wildman–Crippen LogP) is 2.72. The molecule has 100 valence electrons. The first-order valence-electron chi connectivity index (χ1n) is 7.12. The first-order valence-corrected chi connectivity index (χ1v) is 8.00. The smallest absolute Gasteiger partial charge is 0.199 e. The Hall–Kier alpha value is -1.13. The van der Waals surface area contributed by atoms with Gasteiger partial charge in [0, 0.05) is 24.8 Å². The number of aromatic nitrogens is 1. The van der Waals surface area contributed by atoms with Crippen LogP contribution in [0.3, 0.4) is 0 Å². The van der Waals surface area contributed by atoms with E-state index in [4.69, 9.17) is 0 Å². The highest BCUT2D eigenvalue weighted by molar-refractivity contribution is 7.17. The van der Waals surface area contributed by atoms with Gasteiger partial charge in [-0.2, -0.15) is 0 Å². The molecule has 5 rings (SSSR count). The van der Waals surface area contributed by atoms with Gasteiger partial charge < -0.3 is 9.47 Å². The van der Waals surface area contributed by atoms with Crippen molar-refractivity contribution >= 4 is 21.6 Å². The van der Waals surface area contributed by atoms with Crippen LogP contribution in [0, 0.1) is 5.92 Å². The molecule has 0 radical (unpaired) electrons. The minimum absolute atomic E-state index is 0.165. The second-order valence-electron chi connectivity index (χ2n) is 5.86. The molecule has 5 heterocycles. The van der Waals surface area contributed by atoms with E-state index in [2.05, 4.69) is 15.5 Å². The van der Waals surface area contributed by atoms with Gasteiger partial charge in [-0.25, -0.2) is 0 Å². The van der Waals surface area contributed by atoms with Crippen molar-refractivity contribution in [2.24, 2.45) is 5.92 Å². The van der Waals surface area contributed by atoms with Crippen molar-refractivity contribution in [3.05, 3.63) is 33.9 Å². The molecule has 3 aliphatic rings. The molecule has 0 amide bonds. The molecule has 3 nitrogen and oxygen atoms in total. The summed E-state index contributed by atoms with van der Waals surface area (Å²) >= 11 is 1.57. The van der Waals surface area contributed by atoms with Gasteiger partial charge >= 0.3 is 0 Å². The molecule has 3 saturated heterocycles. The molecule has 3 fully saturated rings. The average molecular weight is 274 g/mol. The highest BCUT2D eigenvalue weighted by atomic mass is 32.1. The van der Waals surface area contributed by atoms with E-state index in [0.717, 1.165) is 22.7 Å². The Balaban J connectivity index is 1.80. The molecule has 4 heteroatoms. The third kappa shape index (κ3) is 1.94. The van der Waals surface area contributed by atoms with Crippen LogP contribution in [0.4, 0.5) is 0 Å². The summed E-state index contributed by atoms with van der Waals surface area (Å²) in [5.74, 6) is 0.872. The number of nitrogens with zero attached hydrogens (tertiary/aromatic N) is 2. The van der Waals surface area contributed by atoms with Crippen molar-refractivity contribution in [1.82, 2.24) is 9.47 Å². The third-order valence-corrected chi connectivity index (χ3v) is 5.63. The van der Waals surface area contributed by atoms with E-state index in [-0.39, 0.29) is 5.43 Å². The maximum Gasteiger partial charge on any atom is 0.199 e. The summed E-state index contributed by atoms with van der Waals surface area (Å²) in [5.41, 5.74) is 1.29. The van der Waals surface area contributed by atoms with E-state index < -0.39 is 0 Å². The van der Waals surface area contributed by atoms with E-state index in [1.165, 1.54) is 32.4 Å². The highest BCUT2D eigenvalue weighted by Gasteiger charge is 2.30. The fourth-order valence-corrected chi connectivity index (χ4v) is 4.49. The number of thiophene rings is 1. The molecule has 0 N–H and O–H groups in total. The van der Waals surface area contributed by atoms with Crippen molar-refractivity contribution in [2.75, 3.05) is 19.6 Å². The maximum absolute atomic E-state index is 11.9. The van der Waals surface area contributed by atoms with Crippen LogP contribution in [-0.4, -0.2) is 29.1 Å². The van der Waals surface area contributed by atoms with Crippen molar-refractivity contribution in [1.29, 1.82) is 0 Å². The third-order valence-electron chi connectivity index (χ3n) is 4.71. The quantitative estimate of drug-likeness (QED) is 0.799. The van der Waals surface area contributed by atoms with Crippen molar-refractivity contribution in [3.8, 4) is 0 Å². The summed E-state index contributed by atoms with van der Waals surface area (Å²) in [7, 11) is 0. The van der Waals surface area contributed by atoms with Gasteiger partial charge in [0.2, 0.25) is 0 Å². The number of piperidine rings is 1. The lowest BCUT2D eigenvalue weighted by Crippen LogP contribution is -2.32. The minimum Gasteiger partial charge on any atom is -0.342 e. The number of hydrogen-bond donors (Lipinski definition) is 0. The molecular formula is C15H18N2OS. The zero-order valence-corrected chi connectivity index (χ0v) is 11.7. The Bertz CT molecular complexity index is 637. The second-order valence-corrected chi connectivity index (χ2v) is 6.77. The fraction of sp³-hybridized carbons (Fsp3) is 0.533. The van der Waals surface area contributed by atoms with Gasteiger partial charge in [-0.05, 0) is 49.7 Å². The van der Waals surface area contributed by atoms with Gasteiger partial charge in [-0.1, -0.05) is 0 Å². The summed E-state index contributed by atoms with van der Waals surface area (Å²) in [6, 6.07) is 4.37. The zero-order valence-electron chi connectivity index (χ0n) is 10.9. The minimum atomic E-state index is 0.165. The molecule has 0 spiro atoms. The highest BCUT2D eigenvalue weighted by Crippen LogP contribution is 2.34. The number of hydrogen-bond acceptors (Lipinski definition) is 3. The maximum atomic E-state index is 11.9. The van der Waals surface area contributed by atoms with Crippen LogP contribution in [0.15, 0.2) is 28.5 Å². The number of rotatable bonds is 1. The first kappa shape index (κ1) is 11.7. The van der Waals surface area contributed by atoms with Crippen LogP contribution >= 0.6 is 11.3 Å². The monoisotopic (exact) mass is 274 g/mol. The van der Waals surface area contributed by atoms with Crippen LogP contribution in [0.25, 0.3) is 10.2 Å². The molecule has 0 aromatic carbocycles. The van der Waals surface area contributed by atoms with Crippen LogP contribution in [0.1, 0.15) is 25.3 Å². The zero-order chi connectivity index (χ0) is 12.8. The van der Waals surface area contributed by atoms with Crippen molar-refractivity contribution < 1.29 is 0 Å². The van der Waals surface area contributed by atoms with E-state index in [1.807, 2.05) is 11.6 Å². The average Bonchev–Trinajstić information content (AvgIpc) is 2.73. The van der Waals surface area contributed by atoms with Gasteiger partial charge in [0.25, 0.3) is 0 Å². The molecule has 2 aromatic rings. The normalized spacial score (nSPS) is 30.6. The molecule has 3 aliphatic heterocycles. The van der Waals surface area contributed by atoms with Gasteiger partial charge in [0.15, 0.2) is 5.43 Å². The summed E-state index contributed by atoms with van der Waals surface area (Å²) in [6.45, 7) is 3.66. The van der Waals surface area contributed by atoms with Gasteiger partial charge in [-0.15, -0.1) is 11.3 Å². The SMILES string of the molecule is O=c1ccn(C2CC3CCN(CC3)C2)c2ccsc12. The number of pyridine rings is 1. The van der Waals surface area contributed by atoms with Crippen LogP contribution in [-0.2, 0) is 0 Å². The molecule has 19 heavy (non-hydrogen) atoms. The molecular weight excluding hydrogens is 256 g/mol. The van der Waals surface area contributed by atoms with E-state index >= 15 is 0 Å². The number of fused-ring (bicyclic) bond motifs is 5. The lowest BCUT2D eigenvalue weighted by molar-refractivity contribution is 0.219. The standard InChI is InChI=1S/C15H18N2OS/c18-14-3-7-17(13-4-8-19-15(13)14)12-9-11-1-5-16(10-12)6-2-11/h3-4,7-8,11-12H,1-2,5-6,9-10H2. The summed E-state index contributed by atoms with van der Waals surface area (Å²) in [5, 5.41) is 2.04. The molecule has 1 atom stereocenters. The fourth-order valence-electron chi connectivity index (χ4n) is 3.68. The van der Waals surface area contributed by atoms with Gasteiger partial charge in [0.05, 0.1) is 10.2 Å². The Morgan fingerprint density at radius 1 is 1.21 bits per heavy atom. The van der Waals surface area contributed by atoms with Crippen LogP contribution in [0.2, 0.25) is 0 Å².